The molecule has 0 bridgehead atoms. The zero-order valence-electron chi connectivity index (χ0n) is 9.34. The molecule has 0 aromatic carbocycles. The van der Waals surface area contributed by atoms with Gasteiger partial charge in [-0.25, -0.2) is 0 Å². The van der Waals surface area contributed by atoms with Gasteiger partial charge in [0, 0.05) is 11.1 Å². The Morgan fingerprint density at radius 2 is 1.71 bits per heavy atom. The molecule has 14 heavy (non-hydrogen) atoms. The van der Waals surface area contributed by atoms with E-state index in [1.807, 2.05) is 13.8 Å². The van der Waals surface area contributed by atoms with Crippen LogP contribution in [-0.4, -0.2) is 34.5 Å². The lowest BCUT2D eigenvalue weighted by atomic mass is 9.80. The van der Waals surface area contributed by atoms with Gasteiger partial charge in [0.2, 0.25) is 0 Å². The molecule has 0 atom stereocenters. The van der Waals surface area contributed by atoms with Crippen molar-refractivity contribution in [1.29, 1.82) is 0 Å². The minimum Gasteiger partial charge on any atom is -0.394 e. The third kappa shape index (κ3) is 2.94. The first-order chi connectivity index (χ1) is 6.54. The van der Waals surface area contributed by atoms with E-state index in [2.05, 4.69) is 5.32 Å². The van der Waals surface area contributed by atoms with Crippen molar-refractivity contribution in [2.75, 3.05) is 13.2 Å². The van der Waals surface area contributed by atoms with Crippen LogP contribution >= 0.6 is 0 Å². The van der Waals surface area contributed by atoms with E-state index in [0.717, 1.165) is 12.8 Å². The highest BCUT2D eigenvalue weighted by Crippen LogP contribution is 2.29. The molecular formula is C11H23NO2. The van der Waals surface area contributed by atoms with Gasteiger partial charge >= 0.3 is 0 Å². The predicted molar refractivity (Wildman–Crippen MR) is 57.2 cm³/mol. The maximum Gasteiger partial charge on any atom is 0.0613 e. The first-order valence-electron chi connectivity index (χ1n) is 5.55. The molecule has 0 radical (unpaired) electrons. The molecule has 0 saturated heterocycles. The summed E-state index contributed by atoms with van der Waals surface area (Å²) in [5, 5.41) is 22.1. The molecule has 3 heteroatoms. The van der Waals surface area contributed by atoms with Crippen molar-refractivity contribution < 1.29 is 10.2 Å². The lowest BCUT2D eigenvalue weighted by molar-refractivity contribution is 0.0682. The van der Waals surface area contributed by atoms with Gasteiger partial charge in [-0.3, -0.25) is 0 Å². The van der Waals surface area contributed by atoms with E-state index in [4.69, 9.17) is 0 Å². The standard InChI is InChI=1S/C11H23NO2/c1-10(2,8-13)12-11(9-14)6-4-3-5-7-11/h12-14H,3-9H2,1-2H3. The highest BCUT2D eigenvalue weighted by Gasteiger charge is 2.35. The van der Waals surface area contributed by atoms with E-state index in [-0.39, 0.29) is 24.3 Å². The van der Waals surface area contributed by atoms with E-state index < -0.39 is 0 Å². The van der Waals surface area contributed by atoms with Crippen LogP contribution in [0.4, 0.5) is 0 Å². The van der Waals surface area contributed by atoms with Gasteiger partial charge in [-0.1, -0.05) is 19.3 Å². The summed E-state index contributed by atoms with van der Waals surface area (Å²) in [6.45, 7) is 4.23. The van der Waals surface area contributed by atoms with E-state index in [9.17, 15) is 10.2 Å². The van der Waals surface area contributed by atoms with Crippen molar-refractivity contribution in [3.8, 4) is 0 Å². The molecule has 1 aliphatic carbocycles. The first kappa shape index (κ1) is 12.0. The van der Waals surface area contributed by atoms with Crippen molar-refractivity contribution in [1.82, 2.24) is 5.32 Å². The maximum absolute atomic E-state index is 9.46. The van der Waals surface area contributed by atoms with Crippen LogP contribution in [-0.2, 0) is 0 Å². The summed E-state index contributed by atoms with van der Waals surface area (Å²) in [5.41, 5.74) is -0.440. The molecule has 0 unspecified atom stereocenters. The summed E-state index contributed by atoms with van der Waals surface area (Å²) >= 11 is 0. The van der Waals surface area contributed by atoms with Gasteiger partial charge in [0.05, 0.1) is 13.2 Å². The van der Waals surface area contributed by atoms with Crippen LogP contribution in [0.5, 0.6) is 0 Å². The molecule has 1 rings (SSSR count). The van der Waals surface area contributed by atoms with Crippen molar-refractivity contribution in [2.45, 2.75) is 57.0 Å². The minimum absolute atomic E-state index is 0.106. The molecule has 0 heterocycles. The molecular weight excluding hydrogens is 178 g/mol. The Kier molecular flexibility index (Phi) is 3.93. The van der Waals surface area contributed by atoms with Gasteiger partial charge < -0.3 is 15.5 Å². The topological polar surface area (TPSA) is 52.5 Å². The number of hydrogen-bond acceptors (Lipinski definition) is 3. The van der Waals surface area contributed by atoms with Crippen molar-refractivity contribution >= 4 is 0 Å². The Labute approximate surface area is 86.5 Å². The predicted octanol–water partition coefficient (Wildman–Crippen LogP) is 1.04. The van der Waals surface area contributed by atoms with Crippen molar-refractivity contribution in [2.24, 2.45) is 0 Å². The summed E-state index contributed by atoms with van der Waals surface area (Å²) in [4.78, 5) is 0. The second kappa shape index (κ2) is 4.60. The summed E-state index contributed by atoms with van der Waals surface area (Å²) in [6, 6.07) is 0. The fraction of sp³-hybridized carbons (Fsp3) is 1.00. The molecule has 1 saturated carbocycles. The zero-order valence-corrected chi connectivity index (χ0v) is 9.34. The lowest BCUT2D eigenvalue weighted by Crippen LogP contribution is -2.59. The number of aliphatic hydroxyl groups excluding tert-OH is 2. The highest BCUT2D eigenvalue weighted by molar-refractivity contribution is 4.95. The lowest BCUT2D eigenvalue weighted by Gasteiger charge is -2.42. The number of aliphatic hydroxyl groups is 2. The Morgan fingerprint density at radius 3 is 2.14 bits per heavy atom. The maximum atomic E-state index is 9.46. The van der Waals surface area contributed by atoms with Gasteiger partial charge in [0.15, 0.2) is 0 Å². The molecule has 0 aromatic rings. The van der Waals surface area contributed by atoms with E-state index >= 15 is 0 Å². The Bertz CT molecular complexity index is 174. The summed E-state index contributed by atoms with van der Waals surface area (Å²) < 4.78 is 0. The van der Waals surface area contributed by atoms with E-state index in [1.54, 1.807) is 0 Å². The van der Waals surface area contributed by atoms with Gasteiger partial charge in [-0.15, -0.1) is 0 Å². The fourth-order valence-corrected chi connectivity index (χ4v) is 2.31. The zero-order chi connectivity index (χ0) is 10.7. The van der Waals surface area contributed by atoms with Crippen molar-refractivity contribution in [3.05, 3.63) is 0 Å². The largest absolute Gasteiger partial charge is 0.394 e. The monoisotopic (exact) mass is 201 g/mol. The number of nitrogens with one attached hydrogen (secondary N) is 1. The Hall–Kier alpha value is -0.120. The number of rotatable bonds is 4. The minimum atomic E-state index is -0.292. The molecule has 1 aliphatic rings. The van der Waals surface area contributed by atoms with Crippen molar-refractivity contribution in [3.63, 3.8) is 0 Å². The highest BCUT2D eigenvalue weighted by atomic mass is 16.3. The molecule has 0 aliphatic heterocycles. The molecule has 84 valence electrons. The van der Waals surface area contributed by atoms with E-state index in [1.165, 1.54) is 19.3 Å². The van der Waals surface area contributed by atoms with Gasteiger partial charge in [0.25, 0.3) is 0 Å². The van der Waals surface area contributed by atoms with Gasteiger partial charge in [-0.05, 0) is 26.7 Å². The van der Waals surface area contributed by atoms with Crippen LogP contribution in [0, 0.1) is 0 Å². The molecule has 0 amide bonds. The van der Waals surface area contributed by atoms with Crippen LogP contribution in [0.15, 0.2) is 0 Å². The van der Waals surface area contributed by atoms with Crippen LogP contribution < -0.4 is 5.32 Å². The van der Waals surface area contributed by atoms with E-state index in [0.29, 0.717) is 0 Å². The summed E-state index contributed by atoms with van der Waals surface area (Å²) in [7, 11) is 0. The molecule has 3 nitrogen and oxygen atoms in total. The van der Waals surface area contributed by atoms with Crippen LogP contribution in [0.25, 0.3) is 0 Å². The molecule has 0 spiro atoms. The summed E-state index contributed by atoms with van der Waals surface area (Å²) in [5.74, 6) is 0. The third-order valence-electron chi connectivity index (χ3n) is 3.11. The van der Waals surface area contributed by atoms with Gasteiger partial charge in [-0.2, -0.15) is 0 Å². The number of hydrogen-bond donors (Lipinski definition) is 3. The normalized spacial score (nSPS) is 22.3. The second-order valence-corrected chi connectivity index (χ2v) is 5.17. The average Bonchev–Trinajstić information content (AvgIpc) is 2.19. The smallest absolute Gasteiger partial charge is 0.0613 e. The van der Waals surface area contributed by atoms with Crippen LogP contribution in [0.1, 0.15) is 46.0 Å². The fourth-order valence-electron chi connectivity index (χ4n) is 2.31. The second-order valence-electron chi connectivity index (χ2n) is 5.17. The molecule has 1 fully saturated rings. The SMILES string of the molecule is CC(C)(CO)NC1(CO)CCCCC1. The first-order valence-corrected chi connectivity index (χ1v) is 5.55. The molecule has 3 N–H and O–H groups in total. The van der Waals surface area contributed by atoms with Crippen LogP contribution in [0.2, 0.25) is 0 Å². The van der Waals surface area contributed by atoms with Crippen LogP contribution in [0.3, 0.4) is 0 Å². The quantitative estimate of drug-likeness (QED) is 0.637. The Morgan fingerprint density at radius 1 is 1.14 bits per heavy atom. The Balaban J connectivity index is 2.60. The molecule has 0 aromatic heterocycles. The third-order valence-corrected chi connectivity index (χ3v) is 3.11. The summed E-state index contributed by atoms with van der Waals surface area (Å²) in [6.07, 6.45) is 5.66. The van der Waals surface area contributed by atoms with Gasteiger partial charge in [0.1, 0.15) is 0 Å². The average molecular weight is 201 g/mol.